The summed E-state index contributed by atoms with van der Waals surface area (Å²) in [6.07, 6.45) is 5.76. The molecule has 54 valence electrons. The van der Waals surface area contributed by atoms with E-state index in [9.17, 15) is 0 Å². The molecule has 0 aliphatic heterocycles. The van der Waals surface area contributed by atoms with Gasteiger partial charge in [0.15, 0.2) is 0 Å². The van der Waals surface area contributed by atoms with Crippen LogP contribution in [0.4, 0.5) is 0 Å². The molecule has 0 heterocycles. The summed E-state index contributed by atoms with van der Waals surface area (Å²) in [5, 5.41) is 0. The second-order valence-electron chi connectivity index (χ2n) is 4.01. The molecule has 1 aliphatic carbocycles. The molecule has 1 fully saturated rings. The molecule has 0 aromatic heterocycles. The van der Waals surface area contributed by atoms with E-state index in [-0.39, 0.29) is 0 Å². The first-order valence-electron chi connectivity index (χ1n) is 4.16. The molecule has 0 aromatic rings. The Morgan fingerprint density at radius 1 is 1.56 bits per heavy atom. The van der Waals surface area contributed by atoms with Gasteiger partial charge in [0.2, 0.25) is 0 Å². The van der Waals surface area contributed by atoms with E-state index < -0.39 is 0 Å². The maximum Gasteiger partial charge on any atom is -0.0326 e. The van der Waals surface area contributed by atoms with Crippen LogP contribution in [-0.4, -0.2) is 0 Å². The van der Waals surface area contributed by atoms with E-state index in [2.05, 4.69) is 20.8 Å². The smallest absolute Gasteiger partial charge is 0.0326 e. The third-order valence-corrected chi connectivity index (χ3v) is 2.94. The monoisotopic (exact) mass is 126 g/mol. The molecule has 1 unspecified atom stereocenters. The first kappa shape index (κ1) is 7.11. The van der Waals surface area contributed by atoms with Crippen LogP contribution in [0.1, 0.15) is 46.5 Å². The molecule has 2 atom stereocenters. The van der Waals surface area contributed by atoms with Crippen molar-refractivity contribution in [2.24, 2.45) is 11.3 Å². The Morgan fingerprint density at radius 3 is 2.44 bits per heavy atom. The maximum atomic E-state index is 2.43. The van der Waals surface area contributed by atoms with Gasteiger partial charge in [0.1, 0.15) is 0 Å². The molecule has 0 aromatic carbocycles. The van der Waals surface area contributed by atoms with Gasteiger partial charge in [0, 0.05) is 0 Å². The Kier molecular flexibility index (Phi) is 1.83. The maximum absolute atomic E-state index is 2.43. The molecular weight excluding hydrogens is 108 g/mol. The third kappa shape index (κ3) is 1.47. The quantitative estimate of drug-likeness (QED) is 0.506. The van der Waals surface area contributed by atoms with Crippen LogP contribution in [0.2, 0.25) is 0 Å². The molecule has 1 aliphatic rings. The summed E-state index contributed by atoms with van der Waals surface area (Å²) in [6.45, 7) is 7.12. The molecule has 0 heteroatoms. The lowest BCUT2D eigenvalue weighted by molar-refractivity contribution is 0.312. The van der Waals surface area contributed by atoms with Gasteiger partial charge in [0.05, 0.1) is 0 Å². The Hall–Kier alpha value is 0. The van der Waals surface area contributed by atoms with Gasteiger partial charge in [-0.2, -0.15) is 0 Å². The lowest BCUT2D eigenvalue weighted by atomic mass is 9.85. The van der Waals surface area contributed by atoms with Crippen LogP contribution in [-0.2, 0) is 0 Å². The number of hydrogen-bond acceptors (Lipinski definition) is 0. The van der Waals surface area contributed by atoms with Crippen molar-refractivity contribution in [3.8, 4) is 0 Å². The summed E-state index contributed by atoms with van der Waals surface area (Å²) < 4.78 is 0. The summed E-state index contributed by atoms with van der Waals surface area (Å²) in [6, 6.07) is 0. The molecule has 0 N–H and O–H groups in total. The molecule has 9 heavy (non-hydrogen) atoms. The van der Waals surface area contributed by atoms with E-state index >= 15 is 0 Å². The van der Waals surface area contributed by atoms with E-state index in [1.807, 2.05) is 0 Å². The van der Waals surface area contributed by atoms with Crippen molar-refractivity contribution < 1.29 is 0 Å². The summed E-state index contributed by atoms with van der Waals surface area (Å²) in [5.74, 6) is 0.995. The van der Waals surface area contributed by atoms with Crippen molar-refractivity contribution in [2.45, 2.75) is 46.5 Å². The topological polar surface area (TPSA) is 0 Å². The van der Waals surface area contributed by atoms with Gasteiger partial charge < -0.3 is 0 Å². The first-order valence-corrected chi connectivity index (χ1v) is 4.16. The molecule has 1 saturated carbocycles. The van der Waals surface area contributed by atoms with E-state index in [1.54, 1.807) is 0 Å². The van der Waals surface area contributed by atoms with Crippen LogP contribution in [0.3, 0.4) is 0 Å². The SMILES string of the molecule is CC[C@@]1(C)CCC(C)C1. The Labute approximate surface area is 58.7 Å². The Bertz CT molecular complexity index is 96.2. The molecule has 0 amide bonds. The molecular formula is C9H18. The third-order valence-electron chi connectivity index (χ3n) is 2.94. The van der Waals surface area contributed by atoms with Crippen molar-refractivity contribution >= 4 is 0 Å². The van der Waals surface area contributed by atoms with E-state index in [4.69, 9.17) is 0 Å². The fourth-order valence-electron chi connectivity index (χ4n) is 1.96. The van der Waals surface area contributed by atoms with Crippen LogP contribution in [0.5, 0.6) is 0 Å². The minimum Gasteiger partial charge on any atom is -0.0649 e. The second kappa shape index (κ2) is 2.32. The summed E-state index contributed by atoms with van der Waals surface area (Å²) in [4.78, 5) is 0. The average Bonchev–Trinajstić information content (AvgIpc) is 2.13. The zero-order chi connectivity index (χ0) is 6.91. The zero-order valence-electron chi connectivity index (χ0n) is 6.91. The predicted molar refractivity (Wildman–Crippen MR) is 41.4 cm³/mol. The highest BCUT2D eigenvalue weighted by molar-refractivity contribution is 4.82. The largest absolute Gasteiger partial charge is 0.0649 e. The standard InChI is InChI=1S/C9H18/c1-4-9(3)6-5-8(2)7-9/h8H,4-7H2,1-3H3/t8?,9-/m0/s1. The normalized spacial score (nSPS) is 43.7. The average molecular weight is 126 g/mol. The van der Waals surface area contributed by atoms with E-state index in [0.717, 1.165) is 5.92 Å². The molecule has 0 nitrogen and oxygen atoms in total. The van der Waals surface area contributed by atoms with Crippen molar-refractivity contribution in [2.75, 3.05) is 0 Å². The van der Waals surface area contributed by atoms with Gasteiger partial charge >= 0.3 is 0 Å². The van der Waals surface area contributed by atoms with Gasteiger partial charge in [-0.1, -0.05) is 33.6 Å². The fraction of sp³-hybridized carbons (Fsp3) is 1.00. The number of hydrogen-bond donors (Lipinski definition) is 0. The minimum absolute atomic E-state index is 0.708. The molecule has 0 radical (unpaired) electrons. The summed E-state index contributed by atoms with van der Waals surface area (Å²) >= 11 is 0. The molecule has 0 bridgehead atoms. The number of rotatable bonds is 1. The van der Waals surface area contributed by atoms with Gasteiger partial charge in [-0.15, -0.1) is 0 Å². The highest BCUT2D eigenvalue weighted by Crippen LogP contribution is 2.43. The van der Waals surface area contributed by atoms with Crippen LogP contribution < -0.4 is 0 Å². The molecule has 0 spiro atoms. The van der Waals surface area contributed by atoms with Crippen molar-refractivity contribution in [3.05, 3.63) is 0 Å². The highest BCUT2D eigenvalue weighted by Gasteiger charge is 2.30. The lowest BCUT2D eigenvalue weighted by Gasteiger charge is -2.20. The molecule has 0 saturated heterocycles. The minimum atomic E-state index is 0.708. The van der Waals surface area contributed by atoms with Crippen LogP contribution in [0.15, 0.2) is 0 Å². The fourth-order valence-corrected chi connectivity index (χ4v) is 1.96. The van der Waals surface area contributed by atoms with Crippen LogP contribution >= 0.6 is 0 Å². The lowest BCUT2D eigenvalue weighted by Crippen LogP contribution is -2.08. The van der Waals surface area contributed by atoms with Crippen molar-refractivity contribution in [1.29, 1.82) is 0 Å². The summed E-state index contributed by atoms with van der Waals surface area (Å²) in [7, 11) is 0. The second-order valence-corrected chi connectivity index (χ2v) is 4.01. The first-order chi connectivity index (χ1) is 4.16. The van der Waals surface area contributed by atoms with E-state index in [1.165, 1.54) is 25.7 Å². The van der Waals surface area contributed by atoms with Gasteiger partial charge in [-0.05, 0) is 24.2 Å². The summed E-state index contributed by atoms with van der Waals surface area (Å²) in [5.41, 5.74) is 0.708. The van der Waals surface area contributed by atoms with Gasteiger partial charge in [-0.25, -0.2) is 0 Å². The van der Waals surface area contributed by atoms with E-state index in [0.29, 0.717) is 5.41 Å². The zero-order valence-corrected chi connectivity index (χ0v) is 6.91. The van der Waals surface area contributed by atoms with Crippen molar-refractivity contribution in [1.82, 2.24) is 0 Å². The highest BCUT2D eigenvalue weighted by atomic mass is 14.4. The predicted octanol–water partition coefficient (Wildman–Crippen LogP) is 3.22. The van der Waals surface area contributed by atoms with Gasteiger partial charge in [0.25, 0.3) is 0 Å². The Morgan fingerprint density at radius 2 is 2.22 bits per heavy atom. The Balaban J connectivity index is 2.45. The molecule has 1 rings (SSSR count). The van der Waals surface area contributed by atoms with Crippen molar-refractivity contribution in [3.63, 3.8) is 0 Å². The van der Waals surface area contributed by atoms with Crippen LogP contribution in [0.25, 0.3) is 0 Å². The van der Waals surface area contributed by atoms with Crippen LogP contribution in [0, 0.1) is 11.3 Å². The van der Waals surface area contributed by atoms with Gasteiger partial charge in [-0.3, -0.25) is 0 Å².